The first-order valence-electron chi connectivity index (χ1n) is 1.93. The molecule has 3 heteroatoms. The maximum absolute atomic E-state index is 5.09. The summed E-state index contributed by atoms with van der Waals surface area (Å²) >= 11 is 0. The molecular weight excluding hydrogens is 71.7 g/mol. The third kappa shape index (κ3) is 4.09. The van der Waals surface area contributed by atoms with Gasteiger partial charge in [0.15, 0.2) is 0 Å². The van der Waals surface area contributed by atoms with Crippen molar-refractivity contribution in [3.05, 3.63) is 0 Å². The fraction of sp³-hybridized carbons (Fsp3) is 1.00. The van der Waals surface area contributed by atoms with Gasteiger partial charge in [-0.05, 0) is 0 Å². The molecule has 0 aliphatic heterocycles. The van der Waals surface area contributed by atoms with Gasteiger partial charge in [-0.1, -0.05) is 18.7 Å². The van der Waals surface area contributed by atoms with E-state index in [-0.39, 0.29) is 0 Å². The first-order valence-corrected chi connectivity index (χ1v) is 1.93. The van der Waals surface area contributed by atoms with Crippen LogP contribution in [0.2, 0.25) is 0 Å². The highest BCUT2D eigenvalue weighted by molar-refractivity contribution is 6.39. The normalized spacial score (nSPS) is 11.7. The molecule has 0 bridgehead atoms. The Morgan fingerprint density at radius 1 is 1.67 bits per heavy atom. The van der Waals surface area contributed by atoms with E-state index in [0.29, 0.717) is 6.42 Å². The highest BCUT2D eigenvalue weighted by Gasteiger charge is 2.02. The van der Waals surface area contributed by atoms with Gasteiger partial charge in [0.2, 0.25) is 0 Å². The summed E-state index contributed by atoms with van der Waals surface area (Å²) in [5.74, 6) is 0. The van der Waals surface area contributed by atoms with Crippen molar-refractivity contribution in [1.29, 1.82) is 0 Å². The summed E-state index contributed by atoms with van der Waals surface area (Å²) in [6.45, 7) is 1.83. The minimum absolute atomic E-state index is 0.604. The van der Waals surface area contributed by atoms with Crippen molar-refractivity contribution in [2.75, 3.05) is 0 Å². The van der Waals surface area contributed by atoms with Crippen LogP contribution in [0.5, 0.6) is 0 Å². The van der Waals surface area contributed by atoms with Crippen LogP contribution in [0.1, 0.15) is 13.3 Å². The second kappa shape index (κ2) is 1.69. The van der Waals surface area contributed by atoms with E-state index in [2.05, 4.69) is 0 Å². The summed E-state index contributed by atoms with van der Waals surface area (Å²) in [5, 5.41) is -0.958. The summed E-state index contributed by atoms with van der Waals surface area (Å²) < 4.78 is 0. The van der Waals surface area contributed by atoms with E-state index >= 15 is 0 Å². The van der Waals surface area contributed by atoms with Crippen LogP contribution in [0.3, 0.4) is 0 Å². The van der Waals surface area contributed by atoms with Gasteiger partial charge in [0.05, 0.1) is 15.7 Å². The van der Waals surface area contributed by atoms with E-state index < -0.39 is 5.34 Å². The highest BCUT2D eigenvalue weighted by Crippen LogP contribution is 1.88. The molecule has 0 saturated heterocycles. The Labute approximate surface area is 41.1 Å². The van der Waals surface area contributed by atoms with Gasteiger partial charge in [-0.2, -0.15) is 0 Å². The monoisotopic (exact) mass is 79.1 g/mol. The SMILES string of the molecule is [B]C([B])(N)CC. The maximum Gasteiger partial charge on any atom is 0.0817 e. The van der Waals surface area contributed by atoms with Crippen molar-refractivity contribution in [2.24, 2.45) is 5.73 Å². The Morgan fingerprint density at radius 3 is 1.83 bits per heavy atom. The van der Waals surface area contributed by atoms with E-state index in [0.717, 1.165) is 0 Å². The molecule has 30 valence electrons. The molecule has 0 aromatic rings. The highest BCUT2D eigenvalue weighted by atomic mass is 14.6. The van der Waals surface area contributed by atoms with Crippen LogP contribution < -0.4 is 5.73 Å². The Kier molecular flexibility index (Phi) is 1.72. The van der Waals surface area contributed by atoms with Gasteiger partial charge in [0.1, 0.15) is 0 Å². The summed E-state index contributed by atoms with van der Waals surface area (Å²) in [4.78, 5) is 0. The molecule has 6 heavy (non-hydrogen) atoms. The number of hydrogen-bond acceptors (Lipinski definition) is 1. The molecule has 0 aliphatic carbocycles. The number of nitrogens with two attached hydrogens (primary N) is 1. The lowest BCUT2D eigenvalue weighted by molar-refractivity contribution is 0.781. The maximum atomic E-state index is 5.09. The summed E-state index contributed by atoms with van der Waals surface area (Å²) in [7, 11) is 10.2. The Morgan fingerprint density at radius 2 is 1.83 bits per heavy atom. The van der Waals surface area contributed by atoms with Gasteiger partial charge < -0.3 is 5.73 Å². The van der Waals surface area contributed by atoms with Gasteiger partial charge in [-0.25, -0.2) is 0 Å². The zero-order valence-electron chi connectivity index (χ0n) is 3.94. The minimum atomic E-state index is -0.958. The third-order valence-electron chi connectivity index (χ3n) is 0.612. The predicted octanol–water partition coefficient (Wildman–Crippen LogP) is -0.654. The van der Waals surface area contributed by atoms with Crippen LogP contribution >= 0.6 is 0 Å². The van der Waals surface area contributed by atoms with E-state index in [9.17, 15) is 0 Å². The molecule has 0 unspecified atom stereocenters. The minimum Gasteiger partial charge on any atom is -0.341 e. The zero-order valence-corrected chi connectivity index (χ0v) is 3.94. The zero-order chi connectivity index (χ0) is 5.21. The molecule has 0 spiro atoms. The van der Waals surface area contributed by atoms with Crippen LogP contribution in [0, 0.1) is 0 Å². The van der Waals surface area contributed by atoms with Crippen molar-refractivity contribution < 1.29 is 0 Å². The lowest BCUT2D eigenvalue weighted by atomic mass is 9.61. The lowest BCUT2D eigenvalue weighted by Gasteiger charge is -2.14. The molecule has 0 fully saturated rings. The Hall–Kier alpha value is 0.0899. The molecule has 0 heterocycles. The molecule has 0 rings (SSSR count). The molecule has 1 nitrogen and oxygen atoms in total. The standard InChI is InChI=1S/C3H7B2N/c1-2-3(4,5)6/h2,6H2,1H3. The van der Waals surface area contributed by atoms with E-state index in [1.807, 2.05) is 6.92 Å². The van der Waals surface area contributed by atoms with Crippen molar-refractivity contribution >= 4 is 15.7 Å². The largest absolute Gasteiger partial charge is 0.341 e. The van der Waals surface area contributed by atoms with Crippen LogP contribution in [0.4, 0.5) is 0 Å². The average molecular weight is 78.7 g/mol. The van der Waals surface area contributed by atoms with Crippen molar-refractivity contribution in [2.45, 2.75) is 18.7 Å². The smallest absolute Gasteiger partial charge is 0.0817 e. The number of hydrogen-bond donors (Lipinski definition) is 1. The second-order valence-corrected chi connectivity index (χ2v) is 1.47. The van der Waals surface area contributed by atoms with Gasteiger partial charge in [-0.15, -0.1) is 0 Å². The summed E-state index contributed by atoms with van der Waals surface area (Å²) in [5.41, 5.74) is 5.09. The molecule has 0 atom stereocenters. The first kappa shape index (κ1) is 6.09. The first-order chi connectivity index (χ1) is 2.56. The molecule has 0 amide bonds. The van der Waals surface area contributed by atoms with Crippen LogP contribution in [0.25, 0.3) is 0 Å². The fourth-order valence-corrected chi connectivity index (χ4v) is 0. The van der Waals surface area contributed by atoms with Crippen LogP contribution in [0.15, 0.2) is 0 Å². The van der Waals surface area contributed by atoms with E-state index in [1.165, 1.54) is 0 Å². The fourth-order valence-electron chi connectivity index (χ4n) is 0. The summed E-state index contributed by atoms with van der Waals surface area (Å²) in [6, 6.07) is 0. The van der Waals surface area contributed by atoms with Crippen molar-refractivity contribution in [3.63, 3.8) is 0 Å². The topological polar surface area (TPSA) is 26.0 Å². The number of rotatable bonds is 1. The predicted molar refractivity (Wildman–Crippen MR) is 28.7 cm³/mol. The molecule has 0 saturated carbocycles. The van der Waals surface area contributed by atoms with Gasteiger partial charge >= 0.3 is 0 Å². The summed E-state index contributed by atoms with van der Waals surface area (Å²) in [6.07, 6.45) is 0.604. The molecule has 0 aliphatic rings. The van der Waals surface area contributed by atoms with E-state index in [4.69, 9.17) is 21.4 Å². The van der Waals surface area contributed by atoms with Crippen LogP contribution in [-0.4, -0.2) is 21.0 Å². The van der Waals surface area contributed by atoms with Crippen molar-refractivity contribution in [3.8, 4) is 0 Å². The quantitative estimate of drug-likeness (QED) is 0.415. The molecule has 0 aromatic heterocycles. The van der Waals surface area contributed by atoms with E-state index in [1.54, 1.807) is 0 Å². The average Bonchev–Trinajstić information content (AvgIpc) is 1.35. The van der Waals surface area contributed by atoms with Crippen LogP contribution in [-0.2, 0) is 0 Å². The Balaban J connectivity index is 3.17. The van der Waals surface area contributed by atoms with Gasteiger partial charge in [0.25, 0.3) is 0 Å². The molecule has 2 N–H and O–H groups in total. The Bertz CT molecular complexity index is 38.5. The van der Waals surface area contributed by atoms with Crippen molar-refractivity contribution in [1.82, 2.24) is 0 Å². The van der Waals surface area contributed by atoms with Gasteiger partial charge in [-0.3, -0.25) is 0 Å². The third-order valence-corrected chi connectivity index (χ3v) is 0.612. The van der Waals surface area contributed by atoms with Gasteiger partial charge in [0, 0.05) is 0 Å². The molecule has 0 aromatic carbocycles. The molecular formula is C3H7B2N. The second-order valence-electron chi connectivity index (χ2n) is 1.47. The molecule has 4 radical (unpaired) electrons. The lowest BCUT2D eigenvalue weighted by Crippen LogP contribution is -2.39.